The summed E-state index contributed by atoms with van der Waals surface area (Å²) in [6, 6.07) is 86.2. The summed E-state index contributed by atoms with van der Waals surface area (Å²) in [6.45, 7) is 0. The van der Waals surface area contributed by atoms with Crippen molar-refractivity contribution in [3.63, 3.8) is 0 Å². The van der Waals surface area contributed by atoms with Gasteiger partial charge in [0.05, 0.1) is 5.69 Å². The predicted octanol–water partition coefficient (Wildman–Crippen LogP) is 17.0. The lowest BCUT2D eigenvalue weighted by Gasteiger charge is -2.28. The molecule has 60 heavy (non-hydrogen) atoms. The first kappa shape index (κ1) is 35.6. The maximum atomic E-state index is 2.43. The molecule has 0 radical (unpaired) electrons. The summed E-state index contributed by atoms with van der Waals surface area (Å²) in [6.07, 6.45) is 0. The molecule has 0 saturated heterocycles. The fourth-order valence-electron chi connectivity index (χ4n) is 8.68. The first-order chi connectivity index (χ1) is 29.7. The van der Waals surface area contributed by atoms with Crippen LogP contribution in [0.4, 0.5) is 17.1 Å². The van der Waals surface area contributed by atoms with Gasteiger partial charge >= 0.3 is 0 Å². The van der Waals surface area contributed by atoms with Crippen molar-refractivity contribution in [3.8, 4) is 55.6 Å². The summed E-state index contributed by atoms with van der Waals surface area (Å²) in [7, 11) is 0. The molecule has 0 aliphatic carbocycles. The molecule has 1 heterocycles. The van der Waals surface area contributed by atoms with Gasteiger partial charge in [0.15, 0.2) is 0 Å². The minimum atomic E-state index is 1.09. The van der Waals surface area contributed by atoms with Crippen molar-refractivity contribution in [2.24, 2.45) is 0 Å². The lowest BCUT2D eigenvalue weighted by molar-refractivity contribution is 1.28. The van der Waals surface area contributed by atoms with E-state index in [-0.39, 0.29) is 0 Å². The molecule has 0 amide bonds. The van der Waals surface area contributed by atoms with Crippen LogP contribution in [-0.2, 0) is 0 Å². The number of hydrogen-bond donors (Lipinski definition) is 0. The number of para-hydroxylation sites is 1. The number of thiophene rings is 1. The molecule has 0 unspecified atom stereocenters. The highest BCUT2D eigenvalue weighted by Crippen LogP contribution is 2.45. The first-order valence-electron chi connectivity index (χ1n) is 20.5. The van der Waals surface area contributed by atoms with Crippen LogP contribution >= 0.6 is 11.3 Å². The summed E-state index contributed by atoms with van der Waals surface area (Å²) in [5.74, 6) is 0. The normalized spacial score (nSPS) is 11.3. The van der Waals surface area contributed by atoms with Gasteiger partial charge in [-0.3, -0.25) is 0 Å². The van der Waals surface area contributed by atoms with Crippen LogP contribution < -0.4 is 4.90 Å². The summed E-state index contributed by atoms with van der Waals surface area (Å²) in [5.41, 5.74) is 15.3. The van der Waals surface area contributed by atoms with E-state index in [1.165, 1.54) is 86.6 Å². The molecule has 0 spiro atoms. The van der Waals surface area contributed by atoms with Crippen molar-refractivity contribution in [1.82, 2.24) is 0 Å². The molecule has 0 aliphatic heterocycles. The molecular weight excluding hydrogens is 743 g/mol. The second kappa shape index (κ2) is 15.3. The van der Waals surface area contributed by atoms with E-state index in [0.717, 1.165) is 17.1 Å². The van der Waals surface area contributed by atoms with E-state index in [0.29, 0.717) is 0 Å². The van der Waals surface area contributed by atoms with Crippen LogP contribution in [0, 0.1) is 0 Å². The topological polar surface area (TPSA) is 3.24 Å². The maximum Gasteiger partial charge on any atom is 0.0540 e. The Morgan fingerprint density at radius 3 is 1.55 bits per heavy atom. The van der Waals surface area contributed by atoms with Crippen molar-refractivity contribution in [3.05, 3.63) is 237 Å². The van der Waals surface area contributed by atoms with Gasteiger partial charge < -0.3 is 4.90 Å². The number of nitrogens with zero attached hydrogens (tertiary/aromatic N) is 1. The van der Waals surface area contributed by atoms with Crippen LogP contribution in [0.1, 0.15) is 0 Å². The second-order valence-electron chi connectivity index (χ2n) is 15.3. The van der Waals surface area contributed by atoms with Crippen LogP contribution in [-0.4, -0.2) is 0 Å². The van der Waals surface area contributed by atoms with Gasteiger partial charge in [0, 0.05) is 37.1 Å². The third-order valence-corrected chi connectivity index (χ3v) is 12.8. The molecule has 0 fully saturated rings. The molecule has 282 valence electrons. The number of fused-ring (bicyclic) bond motifs is 4. The van der Waals surface area contributed by atoms with Crippen LogP contribution in [0.3, 0.4) is 0 Å². The first-order valence-corrected chi connectivity index (χ1v) is 21.3. The molecule has 0 aliphatic rings. The van der Waals surface area contributed by atoms with Gasteiger partial charge in [-0.1, -0.05) is 182 Å². The fraction of sp³-hybridized carbons (Fsp3) is 0. The number of benzene rings is 10. The zero-order valence-corrected chi connectivity index (χ0v) is 33.7. The molecule has 11 aromatic rings. The Balaban J connectivity index is 1.04. The van der Waals surface area contributed by atoms with Gasteiger partial charge in [0.25, 0.3) is 0 Å². The van der Waals surface area contributed by atoms with Crippen molar-refractivity contribution >= 4 is 59.3 Å². The van der Waals surface area contributed by atoms with E-state index < -0.39 is 0 Å². The van der Waals surface area contributed by atoms with Crippen molar-refractivity contribution in [2.45, 2.75) is 0 Å². The van der Waals surface area contributed by atoms with Gasteiger partial charge in [0.2, 0.25) is 0 Å². The largest absolute Gasteiger partial charge is 0.310 e. The van der Waals surface area contributed by atoms with Gasteiger partial charge in [-0.15, -0.1) is 11.3 Å². The van der Waals surface area contributed by atoms with E-state index in [2.05, 4.69) is 241 Å². The van der Waals surface area contributed by atoms with Crippen LogP contribution in [0.25, 0.3) is 86.6 Å². The quantitative estimate of drug-likeness (QED) is 0.148. The van der Waals surface area contributed by atoms with E-state index in [4.69, 9.17) is 0 Å². The highest BCUT2D eigenvalue weighted by molar-refractivity contribution is 7.25. The summed E-state index contributed by atoms with van der Waals surface area (Å²) >= 11 is 1.86. The Bertz CT molecular complexity index is 3310. The SMILES string of the molecule is c1ccc(-c2ccc(-c3ccc(N(c4cccc(-c5ccccc5-c5ccc6ccccc6c5)c4)c4ccccc4-c4ccc5sc6ccccc6c5c4)cc3)cc2)cc1. The van der Waals surface area contributed by atoms with Gasteiger partial charge in [0.1, 0.15) is 0 Å². The predicted molar refractivity (Wildman–Crippen MR) is 259 cm³/mol. The Kier molecular flexibility index (Phi) is 9.11. The standard InChI is InChI=1S/C58H39NS/c1-2-13-40(14-3-1)42-25-27-43(28-26-42)44-31-34-49(35-32-44)59(56-23-10-8-21-53(56)48-33-36-58-55(39-48)54-22-9-11-24-57(54)60-58)50-18-12-17-46(38-50)51-19-6-7-20-52(51)47-30-29-41-15-4-5-16-45(41)37-47/h1-39H. The Morgan fingerprint density at radius 1 is 0.267 bits per heavy atom. The van der Waals surface area contributed by atoms with Crippen molar-refractivity contribution in [1.29, 1.82) is 0 Å². The van der Waals surface area contributed by atoms with E-state index in [1.807, 2.05) is 11.3 Å². The van der Waals surface area contributed by atoms with E-state index in [9.17, 15) is 0 Å². The molecule has 0 bridgehead atoms. The smallest absolute Gasteiger partial charge is 0.0540 e. The van der Waals surface area contributed by atoms with Crippen LogP contribution in [0.5, 0.6) is 0 Å². The molecular formula is C58H39NS. The van der Waals surface area contributed by atoms with Crippen molar-refractivity contribution in [2.75, 3.05) is 4.90 Å². The lowest BCUT2D eigenvalue weighted by atomic mass is 9.93. The zero-order chi connectivity index (χ0) is 39.8. The molecule has 0 N–H and O–H groups in total. The maximum absolute atomic E-state index is 2.43. The molecule has 2 heteroatoms. The molecule has 1 aromatic heterocycles. The minimum absolute atomic E-state index is 1.09. The summed E-state index contributed by atoms with van der Waals surface area (Å²) in [4.78, 5) is 2.43. The highest BCUT2D eigenvalue weighted by atomic mass is 32.1. The van der Waals surface area contributed by atoms with Gasteiger partial charge in [-0.2, -0.15) is 0 Å². The molecule has 0 atom stereocenters. The molecule has 11 rings (SSSR count). The summed E-state index contributed by atoms with van der Waals surface area (Å²) < 4.78 is 2.62. The number of hydrogen-bond acceptors (Lipinski definition) is 2. The highest BCUT2D eigenvalue weighted by Gasteiger charge is 2.19. The fourth-order valence-corrected chi connectivity index (χ4v) is 9.76. The monoisotopic (exact) mass is 781 g/mol. The van der Waals surface area contributed by atoms with Crippen LogP contribution in [0.2, 0.25) is 0 Å². The molecule has 0 saturated carbocycles. The molecule has 1 nitrogen and oxygen atoms in total. The average molecular weight is 782 g/mol. The Labute approximate surface area is 354 Å². The number of anilines is 3. The van der Waals surface area contributed by atoms with Crippen molar-refractivity contribution < 1.29 is 0 Å². The minimum Gasteiger partial charge on any atom is -0.310 e. The third kappa shape index (κ3) is 6.63. The van der Waals surface area contributed by atoms with Crippen LogP contribution in [0.15, 0.2) is 237 Å². The zero-order valence-electron chi connectivity index (χ0n) is 32.9. The number of rotatable bonds is 8. The Morgan fingerprint density at radius 2 is 0.783 bits per heavy atom. The third-order valence-electron chi connectivity index (χ3n) is 11.7. The average Bonchev–Trinajstić information content (AvgIpc) is 3.70. The Hall–Kier alpha value is -7.52. The summed E-state index contributed by atoms with van der Waals surface area (Å²) in [5, 5.41) is 5.09. The molecule has 10 aromatic carbocycles. The van der Waals surface area contributed by atoms with E-state index >= 15 is 0 Å². The van der Waals surface area contributed by atoms with Gasteiger partial charge in [-0.25, -0.2) is 0 Å². The van der Waals surface area contributed by atoms with E-state index in [1.54, 1.807) is 0 Å². The lowest BCUT2D eigenvalue weighted by Crippen LogP contribution is -2.11. The second-order valence-corrected chi connectivity index (χ2v) is 16.4. The van der Waals surface area contributed by atoms with Gasteiger partial charge in [-0.05, 0) is 115 Å².